The summed E-state index contributed by atoms with van der Waals surface area (Å²) in [7, 11) is 0. The van der Waals surface area contributed by atoms with Crippen molar-refractivity contribution >= 4 is 0 Å². The third kappa shape index (κ3) is 3.45. The molecule has 0 saturated carbocycles. The second-order valence-electron chi connectivity index (χ2n) is 4.88. The number of nitrogens with one attached hydrogen (secondary N) is 1. The van der Waals surface area contributed by atoms with E-state index in [1.54, 1.807) is 6.26 Å². The number of hydrogen-bond acceptors (Lipinski definition) is 2. The van der Waals surface area contributed by atoms with Gasteiger partial charge >= 0.3 is 0 Å². The molecule has 1 aromatic carbocycles. The molecule has 0 aliphatic carbocycles. The summed E-state index contributed by atoms with van der Waals surface area (Å²) in [4.78, 5) is 0. The highest BCUT2D eigenvalue weighted by molar-refractivity contribution is 5.26. The number of furan rings is 1. The third-order valence-corrected chi connectivity index (χ3v) is 3.35. The summed E-state index contributed by atoms with van der Waals surface area (Å²) < 4.78 is 32.1. The molecule has 0 saturated heterocycles. The molecule has 0 aliphatic heterocycles. The predicted octanol–water partition coefficient (Wildman–Crippen LogP) is 4.15. The van der Waals surface area contributed by atoms with Gasteiger partial charge in [-0.3, -0.25) is 0 Å². The summed E-state index contributed by atoms with van der Waals surface area (Å²) in [5, 5.41) is 3.38. The van der Waals surface area contributed by atoms with Crippen molar-refractivity contribution in [2.75, 3.05) is 6.54 Å². The van der Waals surface area contributed by atoms with E-state index in [0.717, 1.165) is 30.4 Å². The molecule has 1 aromatic heterocycles. The van der Waals surface area contributed by atoms with Gasteiger partial charge in [0.15, 0.2) is 0 Å². The van der Waals surface area contributed by atoms with E-state index >= 15 is 0 Å². The van der Waals surface area contributed by atoms with E-state index in [2.05, 4.69) is 12.2 Å². The first-order valence-corrected chi connectivity index (χ1v) is 6.83. The highest BCUT2D eigenvalue weighted by atomic mass is 19.1. The van der Waals surface area contributed by atoms with E-state index in [1.807, 2.05) is 13.0 Å². The fraction of sp³-hybridized carbons (Fsp3) is 0.375. The molecule has 0 amide bonds. The van der Waals surface area contributed by atoms with Crippen molar-refractivity contribution in [3.05, 3.63) is 59.1 Å². The standard InChI is InChI=1S/C16H19F2NO/c1-3-7-19-16(14-6-8-20-11(14)2)9-12-4-5-13(17)10-15(12)18/h4-6,8,10,16,19H,3,7,9H2,1-2H3. The molecule has 1 heterocycles. The average molecular weight is 279 g/mol. The Kier molecular flexibility index (Phi) is 4.90. The zero-order valence-corrected chi connectivity index (χ0v) is 11.7. The van der Waals surface area contributed by atoms with Gasteiger partial charge in [-0.25, -0.2) is 8.78 Å². The minimum absolute atomic E-state index is 0.0336. The molecule has 20 heavy (non-hydrogen) atoms. The maximum Gasteiger partial charge on any atom is 0.129 e. The molecule has 0 fully saturated rings. The monoisotopic (exact) mass is 279 g/mol. The van der Waals surface area contributed by atoms with E-state index in [9.17, 15) is 8.78 Å². The van der Waals surface area contributed by atoms with Gasteiger partial charge in [-0.2, -0.15) is 0 Å². The molecule has 4 heteroatoms. The summed E-state index contributed by atoms with van der Waals surface area (Å²) in [5.74, 6) is -0.237. The number of rotatable bonds is 6. The quantitative estimate of drug-likeness (QED) is 0.859. The van der Waals surface area contributed by atoms with Crippen LogP contribution in [-0.2, 0) is 6.42 Å². The summed E-state index contributed by atoms with van der Waals surface area (Å²) >= 11 is 0. The molecule has 1 atom stereocenters. The summed E-state index contributed by atoms with van der Waals surface area (Å²) in [5.41, 5.74) is 1.52. The topological polar surface area (TPSA) is 25.2 Å². The van der Waals surface area contributed by atoms with Crippen LogP contribution in [0.15, 0.2) is 34.9 Å². The molecule has 0 spiro atoms. The zero-order valence-electron chi connectivity index (χ0n) is 11.7. The SMILES string of the molecule is CCCNC(Cc1ccc(F)cc1F)c1ccoc1C. The van der Waals surface area contributed by atoms with Crippen LogP contribution in [-0.4, -0.2) is 6.54 Å². The number of halogens is 2. The Labute approximate surface area is 117 Å². The van der Waals surface area contributed by atoms with Crippen LogP contribution in [0.4, 0.5) is 8.78 Å². The van der Waals surface area contributed by atoms with Gasteiger partial charge in [0.05, 0.1) is 6.26 Å². The predicted molar refractivity (Wildman–Crippen MR) is 74.5 cm³/mol. The van der Waals surface area contributed by atoms with Gasteiger partial charge in [0.1, 0.15) is 17.4 Å². The van der Waals surface area contributed by atoms with Crippen molar-refractivity contribution in [1.82, 2.24) is 5.32 Å². The second kappa shape index (κ2) is 6.66. The zero-order chi connectivity index (χ0) is 14.5. The molecule has 0 bridgehead atoms. The van der Waals surface area contributed by atoms with E-state index in [4.69, 9.17) is 4.42 Å². The Morgan fingerprint density at radius 1 is 1.25 bits per heavy atom. The largest absolute Gasteiger partial charge is 0.469 e. The lowest BCUT2D eigenvalue weighted by Crippen LogP contribution is -2.24. The van der Waals surface area contributed by atoms with Crippen molar-refractivity contribution < 1.29 is 13.2 Å². The van der Waals surface area contributed by atoms with Crippen LogP contribution in [0.1, 0.15) is 36.3 Å². The summed E-state index contributed by atoms with van der Waals surface area (Å²) in [6, 6.07) is 5.57. The van der Waals surface area contributed by atoms with Crippen molar-refractivity contribution in [2.24, 2.45) is 0 Å². The maximum atomic E-state index is 13.8. The van der Waals surface area contributed by atoms with E-state index in [0.29, 0.717) is 12.0 Å². The molecular formula is C16H19F2NO. The first-order valence-electron chi connectivity index (χ1n) is 6.83. The number of aryl methyl sites for hydroxylation is 1. The highest BCUT2D eigenvalue weighted by Crippen LogP contribution is 2.24. The highest BCUT2D eigenvalue weighted by Gasteiger charge is 2.17. The fourth-order valence-electron chi connectivity index (χ4n) is 2.27. The molecule has 0 radical (unpaired) electrons. The van der Waals surface area contributed by atoms with Crippen molar-refractivity contribution in [1.29, 1.82) is 0 Å². The smallest absolute Gasteiger partial charge is 0.129 e. The summed E-state index contributed by atoms with van der Waals surface area (Å²) in [6.07, 6.45) is 3.08. The number of hydrogen-bond donors (Lipinski definition) is 1. The minimum atomic E-state index is -0.552. The Morgan fingerprint density at radius 3 is 2.65 bits per heavy atom. The maximum absolute atomic E-state index is 13.8. The van der Waals surface area contributed by atoms with Crippen molar-refractivity contribution in [2.45, 2.75) is 32.7 Å². The van der Waals surface area contributed by atoms with E-state index in [1.165, 1.54) is 12.1 Å². The van der Waals surface area contributed by atoms with Crippen molar-refractivity contribution in [3.8, 4) is 0 Å². The number of benzene rings is 1. The van der Waals surface area contributed by atoms with Crippen molar-refractivity contribution in [3.63, 3.8) is 0 Å². The Balaban J connectivity index is 2.21. The van der Waals surface area contributed by atoms with Crippen LogP contribution < -0.4 is 5.32 Å². The third-order valence-electron chi connectivity index (χ3n) is 3.35. The Bertz CT molecular complexity index is 565. The molecule has 2 nitrogen and oxygen atoms in total. The molecule has 108 valence electrons. The van der Waals surface area contributed by atoms with Gasteiger partial charge in [0, 0.05) is 17.7 Å². The molecule has 2 aromatic rings. The Hall–Kier alpha value is -1.68. The normalized spacial score (nSPS) is 12.6. The van der Waals surface area contributed by atoms with E-state index < -0.39 is 11.6 Å². The van der Waals surface area contributed by atoms with Crippen LogP contribution in [0.2, 0.25) is 0 Å². The lowest BCUT2D eigenvalue weighted by molar-refractivity contribution is 0.485. The lowest BCUT2D eigenvalue weighted by atomic mass is 9.98. The van der Waals surface area contributed by atoms with Crippen LogP contribution >= 0.6 is 0 Å². The van der Waals surface area contributed by atoms with E-state index in [-0.39, 0.29) is 6.04 Å². The lowest BCUT2D eigenvalue weighted by Gasteiger charge is -2.18. The van der Waals surface area contributed by atoms with Crippen LogP contribution in [0.25, 0.3) is 0 Å². The van der Waals surface area contributed by atoms with Gasteiger partial charge < -0.3 is 9.73 Å². The Morgan fingerprint density at radius 2 is 2.05 bits per heavy atom. The van der Waals surface area contributed by atoms with Gasteiger partial charge in [0.25, 0.3) is 0 Å². The molecule has 2 rings (SSSR count). The fourth-order valence-corrected chi connectivity index (χ4v) is 2.27. The minimum Gasteiger partial charge on any atom is -0.469 e. The first-order chi connectivity index (χ1) is 9.61. The van der Waals surface area contributed by atoms with Gasteiger partial charge in [-0.15, -0.1) is 0 Å². The molecule has 1 N–H and O–H groups in total. The first kappa shape index (κ1) is 14.7. The average Bonchev–Trinajstić information content (AvgIpc) is 2.83. The molecule has 0 aliphatic rings. The van der Waals surface area contributed by atoms with Crippen LogP contribution in [0, 0.1) is 18.6 Å². The molecular weight excluding hydrogens is 260 g/mol. The second-order valence-corrected chi connectivity index (χ2v) is 4.88. The summed E-state index contributed by atoms with van der Waals surface area (Å²) in [6.45, 7) is 4.79. The van der Waals surface area contributed by atoms with Gasteiger partial charge in [0.2, 0.25) is 0 Å². The van der Waals surface area contributed by atoms with Gasteiger partial charge in [-0.05, 0) is 44.0 Å². The van der Waals surface area contributed by atoms with Gasteiger partial charge in [-0.1, -0.05) is 13.0 Å². The van der Waals surface area contributed by atoms with Crippen LogP contribution in [0.3, 0.4) is 0 Å². The molecule has 1 unspecified atom stereocenters. The van der Waals surface area contributed by atoms with Crippen LogP contribution in [0.5, 0.6) is 0 Å².